The maximum Gasteiger partial charge on any atom is 0.270 e. The molecular formula is C21H17N3O2. The van der Waals surface area contributed by atoms with Gasteiger partial charge in [-0.3, -0.25) is 15.1 Å². The van der Waals surface area contributed by atoms with E-state index in [1.165, 1.54) is 6.07 Å². The molecule has 1 heterocycles. The highest BCUT2D eigenvalue weighted by molar-refractivity contribution is 6.04. The topological polar surface area (TPSA) is 67.5 Å². The number of nitro benzene ring substituents is 1. The number of hydrogen-bond donors (Lipinski definition) is 1. The highest BCUT2D eigenvalue weighted by Gasteiger charge is 2.21. The number of fused-ring (bicyclic) bond motifs is 1. The number of nitro groups is 1. The van der Waals surface area contributed by atoms with E-state index >= 15 is 0 Å². The number of nitrogens with one attached hydrogen (secondary N) is 1. The third kappa shape index (κ3) is 3.19. The van der Waals surface area contributed by atoms with Gasteiger partial charge in [0.25, 0.3) is 5.69 Å². The lowest BCUT2D eigenvalue weighted by Gasteiger charge is -2.19. The predicted molar refractivity (Wildman–Crippen MR) is 103 cm³/mol. The van der Waals surface area contributed by atoms with Crippen LogP contribution in [0.2, 0.25) is 0 Å². The van der Waals surface area contributed by atoms with Gasteiger partial charge in [-0.25, -0.2) is 0 Å². The van der Waals surface area contributed by atoms with E-state index in [4.69, 9.17) is 4.99 Å². The fourth-order valence-corrected chi connectivity index (χ4v) is 3.18. The Morgan fingerprint density at radius 2 is 1.73 bits per heavy atom. The summed E-state index contributed by atoms with van der Waals surface area (Å²) in [6.07, 6.45) is 0.639. The summed E-state index contributed by atoms with van der Waals surface area (Å²) in [6, 6.07) is 24.8. The molecule has 1 unspecified atom stereocenters. The highest BCUT2D eigenvalue weighted by Crippen LogP contribution is 2.35. The molecule has 0 saturated heterocycles. The van der Waals surface area contributed by atoms with Crippen molar-refractivity contribution in [3.05, 3.63) is 100 Å². The van der Waals surface area contributed by atoms with Crippen molar-refractivity contribution in [1.29, 1.82) is 0 Å². The van der Waals surface area contributed by atoms with Crippen LogP contribution in [0, 0.1) is 10.1 Å². The van der Waals surface area contributed by atoms with Crippen molar-refractivity contribution in [2.24, 2.45) is 4.99 Å². The van der Waals surface area contributed by atoms with Gasteiger partial charge in [-0.2, -0.15) is 0 Å². The minimum Gasteiger partial charge on any atom is -0.376 e. The first kappa shape index (κ1) is 16.0. The van der Waals surface area contributed by atoms with Crippen LogP contribution in [0.25, 0.3) is 0 Å². The van der Waals surface area contributed by atoms with Crippen molar-refractivity contribution in [2.45, 2.75) is 12.5 Å². The van der Waals surface area contributed by atoms with Gasteiger partial charge in [0.1, 0.15) is 0 Å². The van der Waals surface area contributed by atoms with Crippen molar-refractivity contribution < 1.29 is 4.92 Å². The number of hydrogen-bond acceptors (Lipinski definition) is 4. The minimum absolute atomic E-state index is 0.0397. The van der Waals surface area contributed by atoms with E-state index in [-0.39, 0.29) is 16.7 Å². The highest BCUT2D eigenvalue weighted by atomic mass is 16.6. The molecule has 1 atom stereocenters. The smallest absolute Gasteiger partial charge is 0.270 e. The van der Waals surface area contributed by atoms with Crippen molar-refractivity contribution >= 4 is 22.8 Å². The van der Waals surface area contributed by atoms with Gasteiger partial charge in [0.05, 0.1) is 28.1 Å². The average Bonchev–Trinajstić information content (AvgIpc) is 2.88. The molecule has 1 N–H and O–H groups in total. The van der Waals surface area contributed by atoms with Crippen LogP contribution in [0.3, 0.4) is 0 Å². The molecule has 0 aromatic heterocycles. The first-order valence-electron chi connectivity index (χ1n) is 8.43. The Morgan fingerprint density at radius 1 is 0.962 bits per heavy atom. The van der Waals surface area contributed by atoms with Crippen molar-refractivity contribution in [1.82, 2.24) is 0 Å². The summed E-state index contributed by atoms with van der Waals surface area (Å²) < 4.78 is 0. The molecule has 5 nitrogen and oxygen atoms in total. The Morgan fingerprint density at radius 3 is 2.54 bits per heavy atom. The van der Waals surface area contributed by atoms with Gasteiger partial charge in [-0.1, -0.05) is 54.6 Å². The molecule has 3 aromatic rings. The maximum absolute atomic E-state index is 11.1. The molecule has 128 valence electrons. The molecule has 1 aliphatic heterocycles. The molecule has 4 rings (SSSR count). The van der Waals surface area contributed by atoms with Crippen molar-refractivity contribution in [3.8, 4) is 0 Å². The molecule has 26 heavy (non-hydrogen) atoms. The summed E-state index contributed by atoms with van der Waals surface area (Å²) in [6.45, 7) is 0. The van der Waals surface area contributed by atoms with Crippen LogP contribution in [-0.4, -0.2) is 10.6 Å². The summed E-state index contributed by atoms with van der Waals surface area (Å²) >= 11 is 0. The SMILES string of the molecule is O=[N+]([O-])c1cccc(C2=Nc3ccccc3NC(c3ccccc3)C2)c1. The number of non-ortho nitro benzene ring substituents is 1. The monoisotopic (exact) mass is 343 g/mol. The van der Waals surface area contributed by atoms with Crippen molar-refractivity contribution in [2.75, 3.05) is 5.32 Å². The Labute approximate surface area is 151 Å². The molecule has 0 aliphatic carbocycles. The van der Waals surface area contributed by atoms with Gasteiger partial charge in [-0.05, 0) is 17.7 Å². The first-order chi connectivity index (χ1) is 12.7. The van der Waals surface area contributed by atoms with E-state index < -0.39 is 0 Å². The van der Waals surface area contributed by atoms with E-state index in [0.717, 1.165) is 28.2 Å². The molecule has 0 fully saturated rings. The Hall–Kier alpha value is -3.47. The Kier molecular flexibility index (Phi) is 4.19. The summed E-state index contributed by atoms with van der Waals surface area (Å²) in [5.41, 5.74) is 4.64. The van der Waals surface area contributed by atoms with Crippen LogP contribution >= 0.6 is 0 Å². The molecule has 0 bridgehead atoms. The van der Waals surface area contributed by atoms with E-state index in [9.17, 15) is 10.1 Å². The van der Waals surface area contributed by atoms with Crippen LogP contribution in [0.4, 0.5) is 17.1 Å². The maximum atomic E-state index is 11.1. The molecule has 0 saturated carbocycles. The summed E-state index contributed by atoms with van der Waals surface area (Å²) in [4.78, 5) is 15.6. The van der Waals surface area contributed by atoms with E-state index in [1.807, 2.05) is 48.5 Å². The summed E-state index contributed by atoms with van der Waals surface area (Å²) in [5.74, 6) is 0. The fraction of sp³-hybridized carbons (Fsp3) is 0.0952. The van der Waals surface area contributed by atoms with Gasteiger partial charge in [-0.15, -0.1) is 0 Å². The molecule has 0 spiro atoms. The molecule has 1 aliphatic rings. The molecule has 3 aromatic carbocycles. The largest absolute Gasteiger partial charge is 0.376 e. The Balaban J connectivity index is 1.81. The predicted octanol–water partition coefficient (Wildman–Crippen LogP) is 5.27. The second-order valence-electron chi connectivity index (χ2n) is 6.19. The van der Waals surface area contributed by atoms with Crippen molar-refractivity contribution in [3.63, 3.8) is 0 Å². The van der Waals surface area contributed by atoms with Gasteiger partial charge in [0.2, 0.25) is 0 Å². The van der Waals surface area contributed by atoms with Gasteiger partial charge >= 0.3 is 0 Å². The number of rotatable bonds is 3. The van der Waals surface area contributed by atoms with E-state index in [2.05, 4.69) is 17.4 Å². The quantitative estimate of drug-likeness (QED) is 0.520. The Bertz CT molecular complexity index is 983. The summed E-state index contributed by atoms with van der Waals surface area (Å²) in [7, 11) is 0. The van der Waals surface area contributed by atoms with Gasteiger partial charge < -0.3 is 5.32 Å². The lowest BCUT2D eigenvalue weighted by molar-refractivity contribution is -0.384. The zero-order valence-electron chi connectivity index (χ0n) is 14.0. The number of anilines is 1. The first-order valence-corrected chi connectivity index (χ1v) is 8.43. The zero-order chi connectivity index (χ0) is 17.9. The van der Waals surface area contributed by atoms with Crippen LogP contribution in [0.5, 0.6) is 0 Å². The lowest BCUT2D eigenvalue weighted by atomic mass is 9.97. The average molecular weight is 343 g/mol. The number of benzene rings is 3. The van der Waals surface area contributed by atoms with Crippen LogP contribution < -0.4 is 5.32 Å². The number of aliphatic imine (C=N–C) groups is 1. The second kappa shape index (κ2) is 6.80. The second-order valence-corrected chi connectivity index (χ2v) is 6.19. The normalized spacial score (nSPS) is 16.0. The zero-order valence-corrected chi connectivity index (χ0v) is 14.0. The number of nitrogens with zero attached hydrogens (tertiary/aromatic N) is 2. The molecule has 0 radical (unpaired) electrons. The van der Waals surface area contributed by atoms with E-state index in [0.29, 0.717) is 6.42 Å². The summed E-state index contributed by atoms with van der Waals surface area (Å²) in [5, 5.41) is 14.7. The third-order valence-corrected chi connectivity index (χ3v) is 4.48. The van der Waals surface area contributed by atoms with Crippen LogP contribution in [0.15, 0.2) is 83.9 Å². The van der Waals surface area contributed by atoms with Crippen LogP contribution in [-0.2, 0) is 0 Å². The lowest BCUT2D eigenvalue weighted by Crippen LogP contribution is -2.14. The van der Waals surface area contributed by atoms with Gasteiger partial charge in [0.15, 0.2) is 0 Å². The molecule has 0 amide bonds. The standard InChI is InChI=1S/C21H17N3O2/c25-24(26)17-10-6-9-16(13-17)21-14-20(15-7-2-1-3-8-15)22-18-11-4-5-12-19(18)23-21/h1-13,20,22H,14H2. The third-order valence-electron chi connectivity index (χ3n) is 4.48. The van der Waals surface area contributed by atoms with E-state index in [1.54, 1.807) is 12.1 Å². The molecule has 5 heteroatoms. The molecular weight excluding hydrogens is 326 g/mol. The minimum atomic E-state index is -0.373. The number of para-hydroxylation sites is 2. The fourth-order valence-electron chi connectivity index (χ4n) is 3.18. The van der Waals surface area contributed by atoms with Crippen LogP contribution in [0.1, 0.15) is 23.6 Å². The van der Waals surface area contributed by atoms with Gasteiger partial charge in [0, 0.05) is 24.1 Å².